The Kier molecular flexibility index (Phi) is 2.80. The molecule has 94 valence electrons. The van der Waals surface area contributed by atoms with Gasteiger partial charge in [-0.3, -0.25) is 0 Å². The number of aromatic nitrogens is 1. The van der Waals surface area contributed by atoms with Crippen LogP contribution >= 0.6 is 0 Å². The molecule has 0 aliphatic rings. The van der Waals surface area contributed by atoms with Gasteiger partial charge in [0, 0.05) is 6.07 Å². The fourth-order valence-corrected chi connectivity index (χ4v) is 1.95. The molecule has 0 unspecified atom stereocenters. The zero-order chi connectivity index (χ0) is 13.2. The molecule has 0 fully saturated rings. The number of ether oxygens (including phenoxy) is 1. The van der Waals surface area contributed by atoms with Gasteiger partial charge in [-0.15, -0.1) is 0 Å². The lowest BCUT2D eigenvalue weighted by atomic mass is 10.1. The molecule has 0 amide bonds. The van der Waals surface area contributed by atoms with Crippen molar-refractivity contribution in [2.45, 2.75) is 6.92 Å². The minimum absolute atomic E-state index is 0.557. The predicted octanol–water partition coefficient (Wildman–Crippen LogP) is 3.92. The maximum atomic E-state index is 5.76. The third-order valence-electron chi connectivity index (χ3n) is 3.07. The second-order valence-corrected chi connectivity index (χ2v) is 4.49. The van der Waals surface area contributed by atoms with Crippen molar-refractivity contribution in [3.05, 3.63) is 60.3 Å². The van der Waals surface area contributed by atoms with Crippen LogP contribution in [0.2, 0.25) is 0 Å². The first kappa shape index (κ1) is 11.5. The topological polar surface area (TPSA) is 48.1 Å². The van der Waals surface area contributed by atoms with E-state index in [1.807, 2.05) is 43.3 Å². The lowest BCUT2D eigenvalue weighted by Crippen LogP contribution is -1.93. The van der Waals surface area contributed by atoms with Crippen LogP contribution in [0, 0.1) is 6.92 Å². The van der Waals surface area contributed by atoms with Crippen LogP contribution < -0.4 is 10.5 Å². The Morgan fingerprint density at radius 1 is 1.00 bits per heavy atom. The van der Waals surface area contributed by atoms with Gasteiger partial charge in [0.1, 0.15) is 5.75 Å². The summed E-state index contributed by atoms with van der Waals surface area (Å²) in [6.07, 6.45) is 1.62. The molecule has 0 bridgehead atoms. The van der Waals surface area contributed by atoms with Crippen LogP contribution in [0.3, 0.4) is 0 Å². The molecule has 3 aromatic rings. The average Bonchev–Trinajstić information content (AvgIpc) is 2.43. The fraction of sp³-hybridized carbons (Fsp3) is 0.0625. The van der Waals surface area contributed by atoms with Crippen molar-refractivity contribution in [2.24, 2.45) is 0 Å². The molecule has 19 heavy (non-hydrogen) atoms. The van der Waals surface area contributed by atoms with Crippen molar-refractivity contribution < 1.29 is 4.74 Å². The van der Waals surface area contributed by atoms with Crippen molar-refractivity contribution in [1.82, 2.24) is 4.98 Å². The summed E-state index contributed by atoms with van der Waals surface area (Å²) in [5, 5.41) is 2.34. The summed E-state index contributed by atoms with van der Waals surface area (Å²) in [6.45, 7) is 1.93. The zero-order valence-corrected chi connectivity index (χ0v) is 10.6. The highest BCUT2D eigenvalue weighted by Gasteiger charge is 2.02. The van der Waals surface area contributed by atoms with Gasteiger partial charge in [-0.1, -0.05) is 30.3 Å². The van der Waals surface area contributed by atoms with Gasteiger partial charge in [-0.25, -0.2) is 4.98 Å². The van der Waals surface area contributed by atoms with Crippen LogP contribution in [-0.2, 0) is 0 Å². The molecular formula is C16H14N2O. The summed E-state index contributed by atoms with van der Waals surface area (Å²) in [5.41, 5.74) is 7.37. The number of hydrogen-bond acceptors (Lipinski definition) is 3. The van der Waals surface area contributed by atoms with Gasteiger partial charge in [-0.2, -0.15) is 0 Å². The third kappa shape index (κ3) is 2.36. The standard InChI is InChI=1S/C16H14N2O/c1-11-8-16(18-10-15(11)17)19-14-7-6-12-4-2-3-5-13(12)9-14/h2-10H,17H2,1H3. The quantitative estimate of drug-likeness (QED) is 0.750. The normalized spacial score (nSPS) is 10.6. The fourth-order valence-electron chi connectivity index (χ4n) is 1.95. The van der Waals surface area contributed by atoms with E-state index in [-0.39, 0.29) is 0 Å². The minimum Gasteiger partial charge on any atom is -0.439 e. The number of nitrogens with zero attached hydrogens (tertiary/aromatic N) is 1. The molecular weight excluding hydrogens is 236 g/mol. The van der Waals surface area contributed by atoms with Crippen LogP contribution in [-0.4, -0.2) is 4.98 Å². The van der Waals surface area contributed by atoms with Crippen LogP contribution in [0.1, 0.15) is 5.56 Å². The van der Waals surface area contributed by atoms with Crippen molar-refractivity contribution in [3.63, 3.8) is 0 Å². The number of nitrogens with two attached hydrogens (primary N) is 1. The van der Waals surface area contributed by atoms with Crippen molar-refractivity contribution in [1.29, 1.82) is 0 Å². The van der Waals surface area contributed by atoms with E-state index in [4.69, 9.17) is 10.5 Å². The van der Waals surface area contributed by atoms with Crippen LogP contribution in [0.25, 0.3) is 10.8 Å². The Bertz CT molecular complexity index is 738. The maximum Gasteiger partial charge on any atom is 0.219 e. The summed E-state index contributed by atoms with van der Waals surface area (Å²) in [4.78, 5) is 4.17. The van der Waals surface area contributed by atoms with Gasteiger partial charge in [0.25, 0.3) is 0 Å². The largest absolute Gasteiger partial charge is 0.439 e. The summed E-state index contributed by atoms with van der Waals surface area (Å²) in [6, 6.07) is 16.0. The van der Waals surface area contributed by atoms with Gasteiger partial charge in [0.15, 0.2) is 0 Å². The van der Waals surface area contributed by atoms with Crippen molar-refractivity contribution in [3.8, 4) is 11.6 Å². The van der Waals surface area contributed by atoms with E-state index in [2.05, 4.69) is 17.1 Å². The van der Waals surface area contributed by atoms with Crippen molar-refractivity contribution in [2.75, 3.05) is 5.73 Å². The van der Waals surface area contributed by atoms with Gasteiger partial charge in [0.2, 0.25) is 5.88 Å². The number of benzene rings is 2. The second kappa shape index (κ2) is 4.61. The molecule has 3 heteroatoms. The summed E-state index contributed by atoms with van der Waals surface area (Å²) < 4.78 is 5.76. The molecule has 0 saturated heterocycles. The van der Waals surface area contributed by atoms with Crippen LogP contribution in [0.5, 0.6) is 11.6 Å². The maximum absolute atomic E-state index is 5.76. The lowest BCUT2D eigenvalue weighted by molar-refractivity contribution is 0.463. The molecule has 0 atom stereocenters. The van der Waals surface area contributed by atoms with Gasteiger partial charge < -0.3 is 10.5 Å². The number of fused-ring (bicyclic) bond motifs is 1. The predicted molar refractivity (Wildman–Crippen MR) is 77.4 cm³/mol. The molecule has 2 N–H and O–H groups in total. The van der Waals surface area contributed by atoms with Crippen LogP contribution in [0.4, 0.5) is 5.69 Å². The Morgan fingerprint density at radius 2 is 1.79 bits per heavy atom. The van der Waals surface area contributed by atoms with Crippen LogP contribution in [0.15, 0.2) is 54.7 Å². The van der Waals surface area contributed by atoms with E-state index in [1.165, 1.54) is 5.39 Å². The third-order valence-corrected chi connectivity index (χ3v) is 3.07. The first-order valence-corrected chi connectivity index (χ1v) is 6.11. The Labute approximate surface area is 111 Å². The van der Waals surface area contributed by atoms with E-state index >= 15 is 0 Å². The SMILES string of the molecule is Cc1cc(Oc2ccc3ccccc3c2)ncc1N. The van der Waals surface area contributed by atoms with Crippen molar-refractivity contribution >= 4 is 16.5 Å². The Morgan fingerprint density at radius 3 is 2.58 bits per heavy atom. The number of nitrogen functional groups attached to an aromatic ring is 1. The summed E-state index contributed by atoms with van der Waals surface area (Å²) in [7, 11) is 0. The number of pyridine rings is 1. The highest BCUT2D eigenvalue weighted by Crippen LogP contribution is 2.25. The second-order valence-electron chi connectivity index (χ2n) is 4.49. The van der Waals surface area contributed by atoms with E-state index in [9.17, 15) is 0 Å². The van der Waals surface area contributed by atoms with E-state index in [0.717, 1.165) is 16.7 Å². The van der Waals surface area contributed by atoms with E-state index < -0.39 is 0 Å². The molecule has 3 nitrogen and oxygen atoms in total. The monoisotopic (exact) mass is 250 g/mol. The number of aryl methyl sites for hydroxylation is 1. The molecule has 2 aromatic carbocycles. The summed E-state index contributed by atoms with van der Waals surface area (Å²) in [5.74, 6) is 1.33. The Balaban J connectivity index is 1.94. The first-order chi connectivity index (χ1) is 9.22. The molecule has 0 saturated carbocycles. The molecule has 0 aliphatic carbocycles. The van der Waals surface area contributed by atoms with Gasteiger partial charge in [0.05, 0.1) is 11.9 Å². The number of anilines is 1. The van der Waals surface area contributed by atoms with E-state index in [0.29, 0.717) is 11.6 Å². The molecule has 0 spiro atoms. The van der Waals surface area contributed by atoms with Gasteiger partial charge >= 0.3 is 0 Å². The number of hydrogen-bond donors (Lipinski definition) is 1. The zero-order valence-electron chi connectivity index (χ0n) is 10.6. The first-order valence-electron chi connectivity index (χ1n) is 6.11. The molecule has 3 rings (SSSR count). The van der Waals surface area contributed by atoms with Gasteiger partial charge in [-0.05, 0) is 35.4 Å². The molecule has 1 aromatic heterocycles. The molecule has 0 aliphatic heterocycles. The minimum atomic E-state index is 0.557. The number of rotatable bonds is 2. The Hall–Kier alpha value is -2.55. The lowest BCUT2D eigenvalue weighted by Gasteiger charge is -2.07. The average molecular weight is 250 g/mol. The molecule has 0 radical (unpaired) electrons. The van der Waals surface area contributed by atoms with E-state index in [1.54, 1.807) is 6.20 Å². The highest BCUT2D eigenvalue weighted by molar-refractivity contribution is 5.83. The smallest absolute Gasteiger partial charge is 0.219 e. The highest BCUT2D eigenvalue weighted by atomic mass is 16.5. The summed E-state index contributed by atoms with van der Waals surface area (Å²) >= 11 is 0. The molecule has 1 heterocycles.